The number of benzene rings is 1. The summed E-state index contributed by atoms with van der Waals surface area (Å²) in [5.74, 6) is -0.663. The standard InChI is InChI=1S/C17H18F2N6/c18-10-1-6-15(14(19)7-10)25-17-13(8-23-25)16(21-9-22-17)24-12-4-2-11(20)3-5-12/h1,6-9,11-12H,2-5,20H2,(H,21,22,24)/t11-,12+. The SMILES string of the molecule is N[C@H]1CC[C@@H](Nc2ncnc3c2cnn3-c2ccc(F)cc2F)CC1. The molecule has 0 saturated heterocycles. The van der Waals surface area contributed by atoms with E-state index in [4.69, 9.17) is 5.73 Å². The first kappa shape index (κ1) is 15.9. The Bertz CT molecular complexity index is 901. The van der Waals surface area contributed by atoms with Crippen molar-refractivity contribution in [2.24, 2.45) is 5.73 Å². The van der Waals surface area contributed by atoms with Crippen molar-refractivity contribution in [3.05, 3.63) is 42.4 Å². The maximum atomic E-state index is 14.1. The first-order chi connectivity index (χ1) is 12.1. The number of nitrogens with one attached hydrogen (secondary N) is 1. The molecule has 8 heteroatoms. The van der Waals surface area contributed by atoms with Crippen LogP contribution >= 0.6 is 0 Å². The monoisotopic (exact) mass is 344 g/mol. The second kappa shape index (κ2) is 6.36. The van der Waals surface area contributed by atoms with Crippen LogP contribution in [0.5, 0.6) is 0 Å². The average molecular weight is 344 g/mol. The number of nitrogens with zero attached hydrogens (tertiary/aromatic N) is 4. The summed E-state index contributed by atoms with van der Waals surface area (Å²) < 4.78 is 28.6. The van der Waals surface area contributed by atoms with E-state index in [-0.39, 0.29) is 11.7 Å². The lowest BCUT2D eigenvalue weighted by Gasteiger charge is -2.27. The molecule has 1 aliphatic rings. The molecule has 1 aliphatic carbocycles. The Kier molecular flexibility index (Phi) is 4.04. The Morgan fingerprint density at radius 3 is 2.68 bits per heavy atom. The molecule has 0 unspecified atom stereocenters. The van der Waals surface area contributed by atoms with Crippen LogP contribution in [0.1, 0.15) is 25.7 Å². The summed E-state index contributed by atoms with van der Waals surface area (Å²) in [6.45, 7) is 0. The summed E-state index contributed by atoms with van der Waals surface area (Å²) in [6, 6.07) is 3.93. The van der Waals surface area contributed by atoms with E-state index in [9.17, 15) is 8.78 Å². The van der Waals surface area contributed by atoms with Gasteiger partial charge in [-0.05, 0) is 37.8 Å². The highest BCUT2D eigenvalue weighted by Gasteiger charge is 2.20. The summed E-state index contributed by atoms with van der Waals surface area (Å²) in [5, 5.41) is 8.33. The van der Waals surface area contributed by atoms with Crippen molar-refractivity contribution in [2.75, 3.05) is 5.32 Å². The van der Waals surface area contributed by atoms with E-state index in [1.54, 1.807) is 6.20 Å². The molecule has 3 N–H and O–H groups in total. The molecule has 0 aliphatic heterocycles. The number of fused-ring (bicyclic) bond motifs is 1. The fourth-order valence-corrected chi connectivity index (χ4v) is 3.25. The van der Waals surface area contributed by atoms with Crippen molar-refractivity contribution < 1.29 is 8.78 Å². The van der Waals surface area contributed by atoms with Crippen LogP contribution in [0.4, 0.5) is 14.6 Å². The summed E-state index contributed by atoms with van der Waals surface area (Å²) in [6.07, 6.45) is 6.92. The highest BCUT2D eigenvalue weighted by atomic mass is 19.1. The summed E-state index contributed by atoms with van der Waals surface area (Å²) in [5.41, 5.74) is 6.56. The van der Waals surface area contributed by atoms with Gasteiger partial charge in [-0.1, -0.05) is 0 Å². The zero-order valence-corrected chi connectivity index (χ0v) is 13.5. The lowest BCUT2D eigenvalue weighted by atomic mass is 9.92. The van der Waals surface area contributed by atoms with Crippen LogP contribution in [0.15, 0.2) is 30.7 Å². The van der Waals surface area contributed by atoms with E-state index in [0.717, 1.165) is 31.7 Å². The van der Waals surface area contributed by atoms with Gasteiger partial charge in [0.25, 0.3) is 0 Å². The lowest BCUT2D eigenvalue weighted by molar-refractivity contribution is 0.410. The van der Waals surface area contributed by atoms with Gasteiger partial charge in [0.05, 0.1) is 11.6 Å². The van der Waals surface area contributed by atoms with Gasteiger partial charge in [-0.25, -0.2) is 23.4 Å². The fraction of sp³-hybridized carbons (Fsp3) is 0.353. The fourth-order valence-electron chi connectivity index (χ4n) is 3.25. The molecular formula is C17H18F2N6. The zero-order valence-electron chi connectivity index (χ0n) is 13.5. The Balaban J connectivity index is 1.68. The second-order valence-electron chi connectivity index (χ2n) is 6.37. The molecule has 0 bridgehead atoms. The third-order valence-electron chi connectivity index (χ3n) is 4.62. The first-order valence-electron chi connectivity index (χ1n) is 8.28. The third-order valence-corrected chi connectivity index (χ3v) is 4.62. The van der Waals surface area contributed by atoms with Gasteiger partial charge in [0.2, 0.25) is 0 Å². The van der Waals surface area contributed by atoms with Crippen molar-refractivity contribution in [3.63, 3.8) is 0 Å². The van der Waals surface area contributed by atoms with Crippen molar-refractivity contribution in [1.82, 2.24) is 19.7 Å². The molecule has 0 radical (unpaired) electrons. The van der Waals surface area contributed by atoms with Crippen LogP contribution in [0.2, 0.25) is 0 Å². The minimum atomic E-state index is -0.695. The molecule has 1 aromatic carbocycles. The van der Waals surface area contributed by atoms with Crippen molar-refractivity contribution >= 4 is 16.9 Å². The molecule has 6 nitrogen and oxygen atoms in total. The predicted octanol–water partition coefficient (Wildman–Crippen LogP) is 2.78. The number of halogens is 2. The van der Waals surface area contributed by atoms with Gasteiger partial charge in [0.15, 0.2) is 11.5 Å². The maximum Gasteiger partial charge on any atom is 0.168 e. The van der Waals surface area contributed by atoms with Gasteiger partial charge in [0, 0.05) is 18.2 Å². The van der Waals surface area contributed by atoms with Gasteiger partial charge in [0.1, 0.15) is 23.6 Å². The van der Waals surface area contributed by atoms with E-state index in [1.165, 1.54) is 23.1 Å². The molecular weight excluding hydrogens is 326 g/mol. The minimum absolute atomic E-state index is 0.143. The van der Waals surface area contributed by atoms with Gasteiger partial charge < -0.3 is 11.1 Å². The van der Waals surface area contributed by atoms with Gasteiger partial charge >= 0.3 is 0 Å². The highest BCUT2D eigenvalue weighted by Crippen LogP contribution is 2.26. The largest absolute Gasteiger partial charge is 0.367 e. The molecule has 130 valence electrons. The molecule has 25 heavy (non-hydrogen) atoms. The van der Waals surface area contributed by atoms with Crippen molar-refractivity contribution in [2.45, 2.75) is 37.8 Å². The molecule has 1 fully saturated rings. The Labute approximate surface area is 143 Å². The second-order valence-corrected chi connectivity index (χ2v) is 6.37. The number of nitrogens with two attached hydrogens (primary N) is 1. The molecule has 0 atom stereocenters. The quantitative estimate of drug-likeness (QED) is 0.763. The maximum absolute atomic E-state index is 14.1. The number of hydrogen-bond acceptors (Lipinski definition) is 5. The minimum Gasteiger partial charge on any atom is -0.367 e. The molecule has 3 aromatic rings. The number of anilines is 1. The summed E-state index contributed by atoms with van der Waals surface area (Å²) in [4.78, 5) is 8.52. The molecule has 2 aromatic heterocycles. The molecule has 1 saturated carbocycles. The van der Waals surface area contributed by atoms with E-state index < -0.39 is 11.6 Å². The summed E-state index contributed by atoms with van der Waals surface area (Å²) in [7, 11) is 0. The van der Waals surface area contributed by atoms with Crippen molar-refractivity contribution in [3.8, 4) is 5.69 Å². The van der Waals surface area contributed by atoms with Gasteiger partial charge in [-0.15, -0.1) is 0 Å². The van der Waals surface area contributed by atoms with Crippen LogP contribution in [0.3, 0.4) is 0 Å². The van der Waals surface area contributed by atoms with Crippen molar-refractivity contribution in [1.29, 1.82) is 0 Å². The van der Waals surface area contributed by atoms with Crippen LogP contribution in [-0.2, 0) is 0 Å². The Morgan fingerprint density at radius 1 is 1.12 bits per heavy atom. The molecule has 2 heterocycles. The number of hydrogen-bond donors (Lipinski definition) is 2. The third kappa shape index (κ3) is 3.05. The number of aromatic nitrogens is 4. The zero-order chi connectivity index (χ0) is 17.4. The first-order valence-corrected chi connectivity index (χ1v) is 8.28. The average Bonchev–Trinajstić information content (AvgIpc) is 3.02. The lowest BCUT2D eigenvalue weighted by Crippen LogP contribution is -2.33. The van der Waals surface area contributed by atoms with Gasteiger partial charge in [-0.3, -0.25) is 0 Å². The highest BCUT2D eigenvalue weighted by molar-refractivity contribution is 5.87. The molecule has 0 amide bonds. The van der Waals surface area contributed by atoms with E-state index in [0.29, 0.717) is 22.9 Å². The van der Waals surface area contributed by atoms with E-state index in [2.05, 4.69) is 20.4 Å². The van der Waals surface area contributed by atoms with Crippen LogP contribution < -0.4 is 11.1 Å². The van der Waals surface area contributed by atoms with E-state index >= 15 is 0 Å². The predicted molar refractivity (Wildman–Crippen MR) is 90.4 cm³/mol. The number of rotatable bonds is 3. The smallest absolute Gasteiger partial charge is 0.168 e. The topological polar surface area (TPSA) is 81.7 Å². The van der Waals surface area contributed by atoms with Crippen LogP contribution in [-0.4, -0.2) is 31.8 Å². The normalized spacial score (nSPS) is 20.8. The van der Waals surface area contributed by atoms with Crippen LogP contribution in [0, 0.1) is 11.6 Å². The molecule has 0 spiro atoms. The molecule has 4 rings (SSSR count). The van der Waals surface area contributed by atoms with Crippen LogP contribution in [0.25, 0.3) is 16.7 Å². The van der Waals surface area contributed by atoms with Gasteiger partial charge in [-0.2, -0.15) is 5.10 Å². The van der Waals surface area contributed by atoms with E-state index in [1.807, 2.05) is 0 Å². The Morgan fingerprint density at radius 2 is 1.92 bits per heavy atom. The Hall–Kier alpha value is -2.61. The summed E-state index contributed by atoms with van der Waals surface area (Å²) >= 11 is 0.